The second-order valence-corrected chi connectivity index (χ2v) is 5.18. The molecule has 18 heavy (non-hydrogen) atoms. The molecular weight excluding hydrogens is 232 g/mol. The highest BCUT2D eigenvalue weighted by Crippen LogP contribution is 2.25. The summed E-state index contributed by atoms with van der Waals surface area (Å²) in [7, 11) is 0. The first-order valence-corrected chi connectivity index (χ1v) is 7.02. The summed E-state index contributed by atoms with van der Waals surface area (Å²) >= 11 is 0. The predicted octanol–water partition coefficient (Wildman–Crippen LogP) is 0.128. The van der Waals surface area contributed by atoms with Crippen molar-refractivity contribution in [3.05, 3.63) is 0 Å². The summed E-state index contributed by atoms with van der Waals surface area (Å²) in [5.74, 6) is 0.205. The molecule has 1 amide bonds. The molecule has 1 saturated carbocycles. The van der Waals surface area contributed by atoms with Gasteiger partial charge >= 0.3 is 0 Å². The van der Waals surface area contributed by atoms with Crippen LogP contribution in [0.5, 0.6) is 0 Å². The average Bonchev–Trinajstić information content (AvgIpc) is 2.33. The smallest absolute Gasteiger partial charge is 0.224 e. The molecule has 0 bridgehead atoms. The number of hydrogen-bond donors (Lipinski definition) is 2. The molecule has 0 spiro atoms. The van der Waals surface area contributed by atoms with Crippen LogP contribution < -0.4 is 5.32 Å². The molecule has 1 aliphatic carbocycles. The van der Waals surface area contributed by atoms with Gasteiger partial charge in [-0.3, -0.25) is 4.79 Å². The van der Waals surface area contributed by atoms with Crippen molar-refractivity contribution in [2.45, 2.75) is 44.2 Å². The molecule has 0 aromatic carbocycles. The van der Waals surface area contributed by atoms with Crippen molar-refractivity contribution < 1.29 is 14.6 Å². The number of morpholine rings is 1. The largest absolute Gasteiger partial charge is 0.396 e. The predicted molar refractivity (Wildman–Crippen MR) is 68.3 cm³/mol. The first-order valence-electron chi connectivity index (χ1n) is 7.02. The lowest BCUT2D eigenvalue weighted by atomic mass is 9.91. The maximum absolute atomic E-state index is 12.3. The van der Waals surface area contributed by atoms with E-state index in [1.807, 2.05) is 4.90 Å². The van der Waals surface area contributed by atoms with Gasteiger partial charge in [-0.15, -0.1) is 0 Å². The Morgan fingerprint density at radius 3 is 2.83 bits per heavy atom. The van der Waals surface area contributed by atoms with Crippen molar-refractivity contribution in [2.75, 3.05) is 32.9 Å². The molecule has 2 rings (SSSR count). The molecule has 104 valence electrons. The fourth-order valence-corrected chi connectivity index (χ4v) is 2.53. The van der Waals surface area contributed by atoms with E-state index in [0.717, 1.165) is 26.0 Å². The summed E-state index contributed by atoms with van der Waals surface area (Å²) in [4.78, 5) is 14.3. The van der Waals surface area contributed by atoms with Gasteiger partial charge < -0.3 is 20.1 Å². The third-order valence-electron chi connectivity index (χ3n) is 3.81. The number of nitrogens with one attached hydrogen (secondary N) is 1. The molecule has 2 aliphatic rings. The summed E-state index contributed by atoms with van der Waals surface area (Å²) in [5.41, 5.74) is 0. The lowest BCUT2D eigenvalue weighted by Gasteiger charge is -2.38. The minimum absolute atomic E-state index is 0.154. The number of amides is 1. The van der Waals surface area contributed by atoms with E-state index in [-0.39, 0.29) is 18.6 Å². The number of rotatable bonds is 6. The van der Waals surface area contributed by atoms with Gasteiger partial charge in [0.05, 0.1) is 13.2 Å². The molecule has 1 heterocycles. The molecule has 1 unspecified atom stereocenters. The van der Waals surface area contributed by atoms with E-state index >= 15 is 0 Å². The van der Waals surface area contributed by atoms with Crippen LogP contribution in [0.15, 0.2) is 0 Å². The molecule has 5 nitrogen and oxygen atoms in total. The zero-order chi connectivity index (χ0) is 12.8. The molecule has 0 aromatic rings. The number of hydrogen-bond acceptors (Lipinski definition) is 4. The minimum atomic E-state index is 0.154. The molecule has 1 saturated heterocycles. The third-order valence-corrected chi connectivity index (χ3v) is 3.81. The summed E-state index contributed by atoms with van der Waals surface area (Å²) in [6.45, 7) is 3.04. The van der Waals surface area contributed by atoms with E-state index in [4.69, 9.17) is 9.84 Å². The van der Waals surface area contributed by atoms with Gasteiger partial charge in [0, 0.05) is 38.2 Å². The second-order valence-electron chi connectivity index (χ2n) is 5.18. The molecule has 1 aliphatic heterocycles. The lowest BCUT2D eigenvalue weighted by molar-refractivity contribution is -0.136. The first-order chi connectivity index (χ1) is 8.81. The van der Waals surface area contributed by atoms with E-state index in [1.54, 1.807) is 0 Å². The van der Waals surface area contributed by atoms with Gasteiger partial charge in [-0.1, -0.05) is 0 Å². The van der Waals surface area contributed by atoms with Crippen LogP contribution in [0.3, 0.4) is 0 Å². The topological polar surface area (TPSA) is 61.8 Å². The lowest BCUT2D eigenvalue weighted by Crippen LogP contribution is -2.49. The zero-order valence-electron chi connectivity index (χ0n) is 10.9. The van der Waals surface area contributed by atoms with Crippen molar-refractivity contribution in [1.29, 1.82) is 0 Å². The normalized spacial score (nSPS) is 24.6. The number of aliphatic hydroxyl groups is 1. The Labute approximate surface area is 108 Å². The minimum Gasteiger partial charge on any atom is -0.396 e. The number of carbonyl (C=O) groups is 1. The molecule has 0 radical (unpaired) electrons. The highest BCUT2D eigenvalue weighted by Gasteiger charge is 2.29. The molecule has 1 atom stereocenters. The van der Waals surface area contributed by atoms with E-state index in [0.29, 0.717) is 32.0 Å². The van der Waals surface area contributed by atoms with Crippen molar-refractivity contribution in [3.63, 3.8) is 0 Å². The van der Waals surface area contributed by atoms with Crippen LogP contribution in [0.4, 0.5) is 0 Å². The van der Waals surface area contributed by atoms with E-state index in [2.05, 4.69) is 5.32 Å². The van der Waals surface area contributed by atoms with Gasteiger partial charge in [0.1, 0.15) is 0 Å². The summed E-state index contributed by atoms with van der Waals surface area (Å²) < 4.78 is 5.37. The van der Waals surface area contributed by atoms with Crippen LogP contribution in [-0.4, -0.2) is 60.9 Å². The number of carbonyl (C=O) groups excluding carboxylic acids is 1. The first kappa shape index (κ1) is 13.8. The summed E-state index contributed by atoms with van der Waals surface area (Å²) in [6, 6.07) is 0.566. The maximum Gasteiger partial charge on any atom is 0.224 e. The molecular formula is C13H24N2O3. The van der Waals surface area contributed by atoms with Crippen LogP contribution >= 0.6 is 0 Å². The van der Waals surface area contributed by atoms with Crippen molar-refractivity contribution in [1.82, 2.24) is 10.2 Å². The Hall–Kier alpha value is -0.650. The maximum atomic E-state index is 12.3. The highest BCUT2D eigenvalue weighted by atomic mass is 16.5. The van der Waals surface area contributed by atoms with Crippen LogP contribution in [0, 0.1) is 0 Å². The SMILES string of the molecule is O=C(CC1COCCN1)N(CCCO)C1CCC1. The Bertz CT molecular complexity index is 263. The Balaban J connectivity index is 1.81. The van der Waals surface area contributed by atoms with Crippen LogP contribution in [0.1, 0.15) is 32.1 Å². The zero-order valence-corrected chi connectivity index (χ0v) is 10.9. The van der Waals surface area contributed by atoms with Gasteiger partial charge in [-0.25, -0.2) is 0 Å². The number of aliphatic hydroxyl groups excluding tert-OH is 1. The third kappa shape index (κ3) is 3.67. The second kappa shape index (κ2) is 7.07. The Morgan fingerprint density at radius 2 is 2.28 bits per heavy atom. The quantitative estimate of drug-likeness (QED) is 0.709. The van der Waals surface area contributed by atoms with Crippen molar-refractivity contribution >= 4 is 5.91 Å². The summed E-state index contributed by atoms with van der Waals surface area (Å²) in [6.07, 6.45) is 4.65. The molecule has 2 N–H and O–H groups in total. The average molecular weight is 256 g/mol. The van der Waals surface area contributed by atoms with Crippen LogP contribution in [0.25, 0.3) is 0 Å². The standard InChI is InChI=1S/C13H24N2O3/c16-7-2-6-15(12-3-1-4-12)13(17)9-11-10-18-8-5-14-11/h11-12,14,16H,1-10H2. The monoisotopic (exact) mass is 256 g/mol. The summed E-state index contributed by atoms with van der Waals surface area (Å²) in [5, 5.41) is 12.2. The van der Waals surface area contributed by atoms with Gasteiger partial charge in [0.15, 0.2) is 0 Å². The van der Waals surface area contributed by atoms with Gasteiger partial charge in [-0.05, 0) is 25.7 Å². The molecule has 5 heteroatoms. The fourth-order valence-electron chi connectivity index (χ4n) is 2.53. The molecule has 0 aromatic heterocycles. The number of ether oxygens (including phenoxy) is 1. The Kier molecular flexibility index (Phi) is 5.41. The van der Waals surface area contributed by atoms with Crippen molar-refractivity contribution in [3.8, 4) is 0 Å². The van der Waals surface area contributed by atoms with Gasteiger partial charge in [-0.2, -0.15) is 0 Å². The van der Waals surface area contributed by atoms with E-state index < -0.39 is 0 Å². The molecule has 2 fully saturated rings. The Morgan fingerprint density at radius 1 is 1.44 bits per heavy atom. The van der Waals surface area contributed by atoms with E-state index in [1.165, 1.54) is 6.42 Å². The van der Waals surface area contributed by atoms with Crippen molar-refractivity contribution in [2.24, 2.45) is 0 Å². The number of nitrogens with zero attached hydrogens (tertiary/aromatic N) is 1. The van der Waals surface area contributed by atoms with Crippen LogP contribution in [0.2, 0.25) is 0 Å². The van der Waals surface area contributed by atoms with E-state index in [9.17, 15) is 4.79 Å². The van der Waals surface area contributed by atoms with Gasteiger partial charge in [0.25, 0.3) is 0 Å². The fraction of sp³-hybridized carbons (Fsp3) is 0.923. The highest BCUT2D eigenvalue weighted by molar-refractivity contribution is 5.77. The van der Waals surface area contributed by atoms with Gasteiger partial charge in [0.2, 0.25) is 5.91 Å². The van der Waals surface area contributed by atoms with Crippen LogP contribution in [-0.2, 0) is 9.53 Å².